The number of hydrogen-bond donors (Lipinski definition) is 1. The van der Waals surface area contributed by atoms with E-state index in [9.17, 15) is 4.79 Å². The lowest BCUT2D eigenvalue weighted by molar-refractivity contribution is 0.0994. The molecule has 1 aromatic heterocycles. The second kappa shape index (κ2) is 7.12. The predicted molar refractivity (Wildman–Crippen MR) is 95.9 cm³/mol. The fourth-order valence-electron chi connectivity index (χ4n) is 3.63. The van der Waals surface area contributed by atoms with E-state index in [-0.39, 0.29) is 5.69 Å². The summed E-state index contributed by atoms with van der Waals surface area (Å²) >= 11 is 0. The van der Waals surface area contributed by atoms with E-state index in [1.54, 1.807) is 6.92 Å². The molecule has 1 amide bonds. The van der Waals surface area contributed by atoms with Crippen LogP contribution in [-0.2, 0) is 6.42 Å². The van der Waals surface area contributed by atoms with E-state index in [2.05, 4.69) is 34.2 Å². The van der Waals surface area contributed by atoms with Gasteiger partial charge < -0.3 is 5.73 Å². The first-order valence-electron chi connectivity index (χ1n) is 8.87. The highest BCUT2D eigenvalue weighted by Crippen LogP contribution is 2.33. The van der Waals surface area contributed by atoms with Gasteiger partial charge in [0, 0.05) is 5.56 Å². The third kappa shape index (κ3) is 3.32. The average molecular weight is 323 g/mol. The molecule has 1 saturated carbocycles. The Bertz CT molecular complexity index is 731. The van der Waals surface area contributed by atoms with Gasteiger partial charge in [0.05, 0.1) is 17.1 Å². The number of aryl methyl sites for hydroxylation is 2. The van der Waals surface area contributed by atoms with Crippen molar-refractivity contribution in [2.45, 2.75) is 58.3 Å². The van der Waals surface area contributed by atoms with Gasteiger partial charge in [-0.3, -0.25) is 9.78 Å². The van der Waals surface area contributed by atoms with Crippen molar-refractivity contribution in [1.82, 2.24) is 9.97 Å². The van der Waals surface area contributed by atoms with Crippen LogP contribution in [0.4, 0.5) is 0 Å². The Balaban J connectivity index is 1.96. The van der Waals surface area contributed by atoms with Gasteiger partial charge in [0.1, 0.15) is 5.69 Å². The summed E-state index contributed by atoms with van der Waals surface area (Å²) in [5.41, 5.74) is 10.4. The summed E-state index contributed by atoms with van der Waals surface area (Å²) in [6.07, 6.45) is 7.37. The molecule has 0 bridgehead atoms. The molecule has 3 rings (SSSR count). The second-order valence-electron chi connectivity index (χ2n) is 6.63. The van der Waals surface area contributed by atoms with Gasteiger partial charge in [-0.05, 0) is 37.7 Å². The number of primary amides is 1. The number of nitrogens with two attached hydrogens (primary N) is 1. The summed E-state index contributed by atoms with van der Waals surface area (Å²) in [5, 5.41) is 0. The number of rotatable bonds is 4. The van der Waals surface area contributed by atoms with Crippen molar-refractivity contribution in [3.05, 3.63) is 46.9 Å². The highest BCUT2D eigenvalue weighted by molar-refractivity contribution is 5.92. The average Bonchev–Trinajstić information content (AvgIpc) is 2.62. The van der Waals surface area contributed by atoms with Crippen molar-refractivity contribution in [3.63, 3.8) is 0 Å². The molecular weight excluding hydrogens is 298 g/mol. The lowest BCUT2D eigenvalue weighted by Gasteiger charge is -2.22. The van der Waals surface area contributed by atoms with E-state index in [0.29, 0.717) is 11.6 Å². The Morgan fingerprint density at radius 1 is 1.12 bits per heavy atom. The Morgan fingerprint density at radius 3 is 2.38 bits per heavy atom. The van der Waals surface area contributed by atoms with Crippen molar-refractivity contribution in [2.75, 3.05) is 0 Å². The van der Waals surface area contributed by atoms with Gasteiger partial charge in [-0.1, -0.05) is 50.5 Å². The summed E-state index contributed by atoms with van der Waals surface area (Å²) in [6, 6.07) is 8.62. The van der Waals surface area contributed by atoms with Crippen LogP contribution in [-0.4, -0.2) is 15.9 Å². The van der Waals surface area contributed by atoms with E-state index < -0.39 is 5.91 Å². The number of nitrogens with zero attached hydrogens (tertiary/aromatic N) is 2. The highest BCUT2D eigenvalue weighted by atomic mass is 16.1. The molecule has 1 fully saturated rings. The first-order chi connectivity index (χ1) is 11.6. The quantitative estimate of drug-likeness (QED) is 0.918. The molecule has 4 nitrogen and oxygen atoms in total. The number of carbonyl (C=O) groups is 1. The Hall–Kier alpha value is -2.23. The minimum atomic E-state index is -0.525. The monoisotopic (exact) mass is 323 g/mol. The number of carbonyl (C=O) groups excluding carboxylic acids is 1. The fourth-order valence-corrected chi connectivity index (χ4v) is 3.63. The zero-order valence-electron chi connectivity index (χ0n) is 14.5. The normalized spacial score (nSPS) is 15.4. The van der Waals surface area contributed by atoms with E-state index >= 15 is 0 Å². The SMILES string of the molecule is CCc1nc(C)c(C(N)=O)nc1-c1ccc(C2CCCCC2)cc1. The molecule has 4 heteroatoms. The lowest BCUT2D eigenvalue weighted by Crippen LogP contribution is -2.17. The van der Waals surface area contributed by atoms with Crippen molar-refractivity contribution in [2.24, 2.45) is 5.73 Å². The molecule has 0 unspecified atom stereocenters. The largest absolute Gasteiger partial charge is 0.364 e. The number of aromatic nitrogens is 2. The van der Waals surface area contributed by atoms with E-state index in [4.69, 9.17) is 5.73 Å². The number of benzene rings is 1. The standard InChI is InChI=1S/C20H25N3O/c1-3-17-19(23-18(20(21)24)13(2)22-17)16-11-9-15(10-12-16)14-7-5-4-6-8-14/h9-12,14H,3-8H2,1-2H3,(H2,21,24). The molecule has 126 valence electrons. The molecule has 1 aliphatic rings. The molecule has 0 spiro atoms. The summed E-state index contributed by atoms with van der Waals surface area (Å²) < 4.78 is 0. The van der Waals surface area contributed by atoms with Gasteiger partial charge in [-0.2, -0.15) is 0 Å². The molecule has 0 aliphatic heterocycles. The van der Waals surface area contributed by atoms with Gasteiger partial charge >= 0.3 is 0 Å². The van der Waals surface area contributed by atoms with E-state index in [0.717, 1.165) is 23.4 Å². The summed E-state index contributed by atoms with van der Waals surface area (Å²) in [7, 11) is 0. The zero-order chi connectivity index (χ0) is 17.1. The maximum Gasteiger partial charge on any atom is 0.269 e. The van der Waals surface area contributed by atoms with Gasteiger partial charge in [0.2, 0.25) is 0 Å². The Morgan fingerprint density at radius 2 is 1.79 bits per heavy atom. The van der Waals surface area contributed by atoms with Gasteiger partial charge in [0.25, 0.3) is 5.91 Å². The van der Waals surface area contributed by atoms with Crippen molar-refractivity contribution in [1.29, 1.82) is 0 Å². The topological polar surface area (TPSA) is 68.9 Å². The van der Waals surface area contributed by atoms with Gasteiger partial charge in [-0.15, -0.1) is 0 Å². The van der Waals surface area contributed by atoms with Crippen LogP contribution in [0.15, 0.2) is 24.3 Å². The maximum atomic E-state index is 11.6. The highest BCUT2D eigenvalue weighted by Gasteiger charge is 2.17. The van der Waals surface area contributed by atoms with Crippen molar-refractivity contribution >= 4 is 5.91 Å². The fraction of sp³-hybridized carbons (Fsp3) is 0.450. The van der Waals surface area contributed by atoms with Crippen LogP contribution >= 0.6 is 0 Å². The molecule has 1 aromatic carbocycles. The molecule has 0 radical (unpaired) electrons. The molecule has 24 heavy (non-hydrogen) atoms. The van der Waals surface area contributed by atoms with Crippen molar-refractivity contribution < 1.29 is 4.79 Å². The molecule has 0 saturated heterocycles. The zero-order valence-corrected chi connectivity index (χ0v) is 14.5. The summed E-state index contributed by atoms with van der Waals surface area (Å²) in [4.78, 5) is 20.6. The minimum absolute atomic E-state index is 0.263. The van der Waals surface area contributed by atoms with Crippen LogP contribution in [0, 0.1) is 6.92 Å². The van der Waals surface area contributed by atoms with Crippen LogP contribution in [0.5, 0.6) is 0 Å². The molecule has 2 N–H and O–H groups in total. The van der Waals surface area contributed by atoms with Crippen LogP contribution in [0.3, 0.4) is 0 Å². The summed E-state index contributed by atoms with van der Waals surface area (Å²) in [5.74, 6) is 0.159. The minimum Gasteiger partial charge on any atom is -0.364 e. The maximum absolute atomic E-state index is 11.6. The Kier molecular flexibility index (Phi) is 4.93. The molecule has 1 heterocycles. The number of hydrogen-bond acceptors (Lipinski definition) is 3. The predicted octanol–water partition coefficient (Wildman–Crippen LogP) is 4.16. The number of amides is 1. The summed E-state index contributed by atoms with van der Waals surface area (Å²) in [6.45, 7) is 3.83. The van der Waals surface area contributed by atoms with Crippen molar-refractivity contribution in [3.8, 4) is 11.3 Å². The molecule has 1 aliphatic carbocycles. The van der Waals surface area contributed by atoms with Crippen LogP contribution in [0.1, 0.15) is 72.4 Å². The van der Waals surface area contributed by atoms with E-state index in [1.807, 2.05) is 6.92 Å². The third-order valence-corrected chi connectivity index (χ3v) is 4.97. The van der Waals surface area contributed by atoms with Gasteiger partial charge in [-0.25, -0.2) is 4.98 Å². The van der Waals surface area contributed by atoms with Crippen LogP contribution < -0.4 is 5.73 Å². The molecule has 2 aromatic rings. The third-order valence-electron chi connectivity index (χ3n) is 4.97. The molecule has 0 atom stereocenters. The molecular formula is C20H25N3O. The van der Waals surface area contributed by atoms with E-state index in [1.165, 1.54) is 37.7 Å². The van der Waals surface area contributed by atoms with Crippen LogP contribution in [0.25, 0.3) is 11.3 Å². The van der Waals surface area contributed by atoms with Crippen LogP contribution in [0.2, 0.25) is 0 Å². The first kappa shape index (κ1) is 16.6. The lowest BCUT2D eigenvalue weighted by atomic mass is 9.84. The first-order valence-corrected chi connectivity index (χ1v) is 8.87. The Labute approximate surface area is 143 Å². The second-order valence-corrected chi connectivity index (χ2v) is 6.63. The smallest absolute Gasteiger partial charge is 0.269 e. The van der Waals surface area contributed by atoms with Gasteiger partial charge in [0.15, 0.2) is 0 Å².